The molecule has 1 saturated heterocycles. The van der Waals surface area contributed by atoms with Gasteiger partial charge in [0.15, 0.2) is 0 Å². The monoisotopic (exact) mass is 268 g/mol. The van der Waals surface area contributed by atoms with E-state index in [1.165, 1.54) is 39.5 Å². The standard InChI is InChI=1S/C15H28N2O2/c1-10(2)17-8-12-6-5-7-13(9-17)14(12)16-11(3)15(18)19-4/h10-14,16H,5-9H2,1-4H3. The molecule has 1 N–H and O–H groups in total. The number of rotatable bonds is 4. The third-order valence-corrected chi connectivity index (χ3v) is 4.83. The van der Waals surface area contributed by atoms with Gasteiger partial charge in [0.1, 0.15) is 6.04 Å². The Morgan fingerprint density at radius 2 is 1.79 bits per heavy atom. The van der Waals surface area contributed by atoms with Gasteiger partial charge in [0.25, 0.3) is 0 Å². The van der Waals surface area contributed by atoms with Crippen molar-refractivity contribution in [2.45, 2.75) is 58.2 Å². The largest absolute Gasteiger partial charge is 0.468 e. The fourth-order valence-electron chi connectivity index (χ4n) is 3.70. The SMILES string of the molecule is COC(=O)C(C)NC1C2CCCC1CN(C(C)C)C2. The van der Waals surface area contributed by atoms with Crippen LogP contribution in [-0.2, 0) is 9.53 Å². The Balaban J connectivity index is 2.00. The summed E-state index contributed by atoms with van der Waals surface area (Å²) >= 11 is 0. The fraction of sp³-hybridized carbons (Fsp3) is 0.933. The highest BCUT2D eigenvalue weighted by atomic mass is 16.5. The highest BCUT2D eigenvalue weighted by Gasteiger charge is 2.40. The molecular formula is C15H28N2O2. The molecule has 0 amide bonds. The quantitative estimate of drug-likeness (QED) is 0.787. The van der Waals surface area contributed by atoms with Gasteiger partial charge in [-0.1, -0.05) is 6.42 Å². The average molecular weight is 268 g/mol. The molecular weight excluding hydrogens is 240 g/mol. The second-order valence-corrected chi connectivity index (χ2v) is 6.44. The lowest BCUT2D eigenvalue weighted by molar-refractivity contribution is -0.143. The Labute approximate surface area is 116 Å². The van der Waals surface area contributed by atoms with Crippen molar-refractivity contribution >= 4 is 5.97 Å². The number of ether oxygens (including phenoxy) is 1. The van der Waals surface area contributed by atoms with Crippen LogP contribution >= 0.6 is 0 Å². The van der Waals surface area contributed by atoms with E-state index in [9.17, 15) is 4.79 Å². The molecule has 1 heterocycles. The molecule has 4 heteroatoms. The molecule has 1 saturated carbocycles. The predicted molar refractivity (Wildman–Crippen MR) is 75.9 cm³/mol. The zero-order valence-electron chi connectivity index (χ0n) is 12.7. The number of hydrogen-bond acceptors (Lipinski definition) is 4. The van der Waals surface area contributed by atoms with Crippen LogP contribution in [0.3, 0.4) is 0 Å². The summed E-state index contributed by atoms with van der Waals surface area (Å²) in [5.41, 5.74) is 0. The molecule has 2 rings (SSSR count). The van der Waals surface area contributed by atoms with Crippen LogP contribution in [0.1, 0.15) is 40.0 Å². The van der Waals surface area contributed by atoms with Gasteiger partial charge < -0.3 is 15.0 Å². The summed E-state index contributed by atoms with van der Waals surface area (Å²) < 4.78 is 4.82. The molecule has 2 bridgehead atoms. The second-order valence-electron chi connectivity index (χ2n) is 6.44. The summed E-state index contributed by atoms with van der Waals surface area (Å²) in [5, 5.41) is 3.53. The number of esters is 1. The maximum Gasteiger partial charge on any atom is 0.322 e. The van der Waals surface area contributed by atoms with Crippen molar-refractivity contribution in [2.75, 3.05) is 20.2 Å². The summed E-state index contributed by atoms with van der Waals surface area (Å²) in [5.74, 6) is 1.22. The molecule has 4 nitrogen and oxygen atoms in total. The van der Waals surface area contributed by atoms with E-state index in [1.807, 2.05) is 6.92 Å². The first-order valence-corrected chi connectivity index (χ1v) is 7.60. The molecule has 0 aromatic heterocycles. The minimum atomic E-state index is -0.191. The van der Waals surface area contributed by atoms with Crippen molar-refractivity contribution in [1.29, 1.82) is 0 Å². The number of hydrogen-bond donors (Lipinski definition) is 1. The van der Waals surface area contributed by atoms with Crippen LogP contribution in [0.15, 0.2) is 0 Å². The van der Waals surface area contributed by atoms with E-state index in [1.54, 1.807) is 0 Å². The van der Waals surface area contributed by atoms with Crippen molar-refractivity contribution < 1.29 is 9.53 Å². The van der Waals surface area contributed by atoms with Gasteiger partial charge >= 0.3 is 5.97 Å². The number of fused-ring (bicyclic) bond motifs is 2. The second kappa shape index (κ2) is 6.23. The summed E-state index contributed by atoms with van der Waals surface area (Å²) in [6.45, 7) is 8.80. The topological polar surface area (TPSA) is 41.6 Å². The summed E-state index contributed by atoms with van der Waals surface area (Å²) in [7, 11) is 1.46. The lowest BCUT2D eigenvalue weighted by Crippen LogP contribution is -2.60. The number of nitrogens with zero attached hydrogens (tertiary/aromatic N) is 1. The normalized spacial score (nSPS) is 33.2. The summed E-state index contributed by atoms with van der Waals surface area (Å²) in [6, 6.07) is 0.920. The first kappa shape index (κ1) is 14.8. The molecule has 0 radical (unpaired) electrons. The molecule has 0 aromatic carbocycles. The van der Waals surface area contributed by atoms with E-state index in [2.05, 4.69) is 24.1 Å². The maximum atomic E-state index is 11.6. The van der Waals surface area contributed by atoms with E-state index in [4.69, 9.17) is 4.74 Å². The van der Waals surface area contributed by atoms with Gasteiger partial charge in [-0.2, -0.15) is 0 Å². The summed E-state index contributed by atoms with van der Waals surface area (Å²) in [6.07, 6.45) is 3.91. The van der Waals surface area contributed by atoms with Gasteiger partial charge in [0, 0.05) is 25.2 Å². The Morgan fingerprint density at radius 3 is 2.26 bits per heavy atom. The zero-order chi connectivity index (χ0) is 14.0. The molecule has 3 unspecified atom stereocenters. The number of likely N-dealkylation sites (tertiary alicyclic amines) is 1. The van der Waals surface area contributed by atoms with E-state index >= 15 is 0 Å². The number of carbonyl (C=O) groups excluding carboxylic acids is 1. The Bertz CT molecular complexity index is 305. The molecule has 1 aliphatic heterocycles. The first-order valence-electron chi connectivity index (χ1n) is 7.60. The first-order chi connectivity index (χ1) is 9.02. The van der Waals surface area contributed by atoms with Gasteiger partial charge in [-0.3, -0.25) is 4.79 Å². The third kappa shape index (κ3) is 3.29. The third-order valence-electron chi connectivity index (χ3n) is 4.83. The van der Waals surface area contributed by atoms with Gasteiger partial charge in [-0.25, -0.2) is 0 Å². The fourth-order valence-corrected chi connectivity index (χ4v) is 3.70. The van der Waals surface area contributed by atoms with Crippen LogP contribution in [-0.4, -0.2) is 49.2 Å². The van der Waals surface area contributed by atoms with E-state index in [0.717, 1.165) is 0 Å². The highest BCUT2D eigenvalue weighted by molar-refractivity contribution is 5.75. The van der Waals surface area contributed by atoms with Crippen molar-refractivity contribution in [3.8, 4) is 0 Å². The molecule has 110 valence electrons. The lowest BCUT2D eigenvalue weighted by Gasteiger charge is -2.49. The summed E-state index contributed by atoms with van der Waals surface area (Å²) in [4.78, 5) is 14.2. The van der Waals surface area contributed by atoms with E-state index < -0.39 is 0 Å². The van der Waals surface area contributed by atoms with Gasteiger partial charge in [-0.05, 0) is 45.4 Å². The minimum absolute atomic E-state index is 0.149. The van der Waals surface area contributed by atoms with Crippen LogP contribution in [0.4, 0.5) is 0 Å². The average Bonchev–Trinajstić information content (AvgIpc) is 2.36. The number of piperidine rings is 1. The molecule has 2 aliphatic rings. The van der Waals surface area contributed by atoms with Crippen molar-refractivity contribution in [2.24, 2.45) is 11.8 Å². The Morgan fingerprint density at radius 1 is 1.21 bits per heavy atom. The van der Waals surface area contributed by atoms with Gasteiger partial charge in [-0.15, -0.1) is 0 Å². The van der Waals surface area contributed by atoms with Crippen molar-refractivity contribution in [3.63, 3.8) is 0 Å². The van der Waals surface area contributed by atoms with Crippen LogP contribution in [0.25, 0.3) is 0 Å². The van der Waals surface area contributed by atoms with Gasteiger partial charge in [0.2, 0.25) is 0 Å². The highest BCUT2D eigenvalue weighted by Crippen LogP contribution is 2.35. The molecule has 2 fully saturated rings. The predicted octanol–water partition coefficient (Wildman–Crippen LogP) is 1.65. The van der Waals surface area contributed by atoms with E-state index in [-0.39, 0.29) is 12.0 Å². The number of nitrogens with one attached hydrogen (secondary N) is 1. The molecule has 1 aliphatic carbocycles. The van der Waals surface area contributed by atoms with Crippen molar-refractivity contribution in [1.82, 2.24) is 10.2 Å². The Hall–Kier alpha value is -0.610. The number of methoxy groups -OCH3 is 1. The van der Waals surface area contributed by atoms with Crippen LogP contribution < -0.4 is 5.32 Å². The van der Waals surface area contributed by atoms with Crippen LogP contribution in [0.2, 0.25) is 0 Å². The minimum Gasteiger partial charge on any atom is -0.468 e. The van der Waals surface area contributed by atoms with E-state index in [0.29, 0.717) is 23.9 Å². The molecule has 0 spiro atoms. The molecule has 3 atom stereocenters. The zero-order valence-corrected chi connectivity index (χ0v) is 12.7. The smallest absolute Gasteiger partial charge is 0.322 e. The number of carbonyl (C=O) groups is 1. The lowest BCUT2D eigenvalue weighted by atomic mass is 9.73. The Kier molecular flexibility index (Phi) is 4.85. The van der Waals surface area contributed by atoms with Crippen molar-refractivity contribution in [3.05, 3.63) is 0 Å². The maximum absolute atomic E-state index is 11.6. The van der Waals surface area contributed by atoms with Gasteiger partial charge in [0.05, 0.1) is 7.11 Å². The molecule has 0 aromatic rings. The van der Waals surface area contributed by atoms with Crippen LogP contribution in [0, 0.1) is 11.8 Å². The molecule has 19 heavy (non-hydrogen) atoms. The van der Waals surface area contributed by atoms with Crippen LogP contribution in [0.5, 0.6) is 0 Å².